The third kappa shape index (κ3) is 2.75. The van der Waals surface area contributed by atoms with E-state index >= 15 is 0 Å². The van der Waals surface area contributed by atoms with E-state index in [0.29, 0.717) is 0 Å². The molecule has 1 aromatic heterocycles. The van der Waals surface area contributed by atoms with E-state index in [0.717, 1.165) is 13.0 Å². The molecular weight excluding hydrogens is 412 g/mol. The van der Waals surface area contributed by atoms with E-state index < -0.39 is 0 Å². The maximum Gasteiger partial charge on any atom is 0.0618 e. The third-order valence-electron chi connectivity index (χ3n) is 7.56. The van der Waals surface area contributed by atoms with Gasteiger partial charge in [-0.15, -0.1) is 0 Å². The summed E-state index contributed by atoms with van der Waals surface area (Å²) in [5, 5.41) is 2.61. The summed E-state index contributed by atoms with van der Waals surface area (Å²) in [5.74, 6) is 0. The Hall–Kier alpha value is -4.04. The van der Waals surface area contributed by atoms with Crippen molar-refractivity contribution in [2.45, 2.75) is 25.4 Å². The first-order valence-corrected chi connectivity index (χ1v) is 12.1. The second kappa shape index (κ2) is 7.23. The van der Waals surface area contributed by atoms with Crippen molar-refractivity contribution in [3.63, 3.8) is 0 Å². The number of anilines is 1. The lowest BCUT2D eigenvalue weighted by Gasteiger charge is -2.45. The molecule has 7 rings (SSSR count). The average molecular weight is 439 g/mol. The monoisotopic (exact) mass is 438 g/mol. The van der Waals surface area contributed by atoms with E-state index in [1.165, 1.54) is 49.9 Å². The highest BCUT2D eigenvalue weighted by Crippen LogP contribution is 2.45. The van der Waals surface area contributed by atoms with Crippen LogP contribution >= 0.6 is 0 Å². The lowest BCUT2D eigenvalue weighted by Crippen LogP contribution is -2.46. The number of para-hydroxylation sites is 3. The summed E-state index contributed by atoms with van der Waals surface area (Å²) < 4.78 is 2.43. The fraction of sp³-hybridized carbons (Fsp3) is 0.125. The molecule has 1 aliphatic carbocycles. The molecule has 34 heavy (non-hydrogen) atoms. The van der Waals surface area contributed by atoms with Crippen molar-refractivity contribution >= 4 is 33.2 Å². The van der Waals surface area contributed by atoms with Gasteiger partial charge in [0.15, 0.2) is 0 Å². The van der Waals surface area contributed by atoms with Gasteiger partial charge in [0.1, 0.15) is 0 Å². The molecule has 0 saturated carbocycles. The maximum atomic E-state index is 2.60. The van der Waals surface area contributed by atoms with Crippen LogP contribution in [0.5, 0.6) is 0 Å². The number of allylic oxidation sites excluding steroid dienone is 2. The quantitative estimate of drug-likeness (QED) is 0.271. The Labute approximate surface area is 200 Å². The highest BCUT2D eigenvalue weighted by Gasteiger charge is 2.35. The molecule has 0 spiro atoms. The standard InChI is InChI=1S/C32H26N2/c1-32(33-22-23-11-2-3-13-25(23)26-14-4-7-17-29(26)33)20-10-12-24(21-32)34-30-18-8-5-15-27(30)28-16-6-9-19-31(28)34/h2-19,21H,20,22H2,1H3. The Bertz CT molecular complexity index is 1580. The molecule has 1 aliphatic heterocycles. The van der Waals surface area contributed by atoms with Gasteiger partial charge in [-0.25, -0.2) is 0 Å². The smallest absolute Gasteiger partial charge is 0.0618 e. The molecule has 1 unspecified atom stereocenters. The maximum absolute atomic E-state index is 2.60. The molecule has 0 amide bonds. The van der Waals surface area contributed by atoms with Crippen LogP contribution in [0.15, 0.2) is 115 Å². The van der Waals surface area contributed by atoms with Crippen LogP contribution in [0.1, 0.15) is 18.9 Å². The number of fused-ring (bicyclic) bond motifs is 6. The van der Waals surface area contributed by atoms with E-state index in [-0.39, 0.29) is 5.54 Å². The first-order valence-electron chi connectivity index (χ1n) is 12.1. The minimum absolute atomic E-state index is 0.139. The lowest BCUT2D eigenvalue weighted by molar-refractivity contribution is 0.510. The second-order valence-electron chi connectivity index (χ2n) is 9.66. The zero-order valence-electron chi connectivity index (χ0n) is 19.3. The van der Waals surface area contributed by atoms with Crippen LogP contribution in [0.4, 0.5) is 5.69 Å². The molecule has 0 N–H and O–H groups in total. The number of aromatic nitrogens is 1. The van der Waals surface area contributed by atoms with Gasteiger partial charge in [0, 0.05) is 34.3 Å². The van der Waals surface area contributed by atoms with Gasteiger partial charge in [0.05, 0.1) is 16.6 Å². The highest BCUT2D eigenvalue weighted by atomic mass is 15.2. The molecule has 0 saturated heterocycles. The first-order chi connectivity index (χ1) is 16.7. The molecule has 1 atom stereocenters. The van der Waals surface area contributed by atoms with Gasteiger partial charge in [-0.3, -0.25) is 0 Å². The number of nitrogens with zero attached hydrogens (tertiary/aromatic N) is 2. The Morgan fingerprint density at radius 2 is 1.29 bits per heavy atom. The van der Waals surface area contributed by atoms with Crippen LogP contribution in [0, 0.1) is 0 Å². The molecule has 2 aliphatic rings. The molecule has 2 heteroatoms. The number of hydrogen-bond acceptors (Lipinski definition) is 1. The fourth-order valence-electron chi connectivity index (χ4n) is 5.94. The number of benzene rings is 4. The highest BCUT2D eigenvalue weighted by molar-refractivity contribution is 6.10. The predicted octanol–water partition coefficient (Wildman–Crippen LogP) is 8.04. The summed E-state index contributed by atoms with van der Waals surface area (Å²) >= 11 is 0. The van der Waals surface area contributed by atoms with Gasteiger partial charge in [0.2, 0.25) is 0 Å². The van der Waals surface area contributed by atoms with Crippen LogP contribution in [0.25, 0.3) is 38.6 Å². The van der Waals surface area contributed by atoms with Crippen molar-refractivity contribution in [2.75, 3.05) is 4.90 Å². The Morgan fingerprint density at radius 3 is 2.06 bits per heavy atom. The molecule has 0 fully saturated rings. The van der Waals surface area contributed by atoms with Gasteiger partial charge < -0.3 is 9.47 Å². The molecule has 2 heterocycles. The summed E-state index contributed by atoms with van der Waals surface area (Å²) in [4.78, 5) is 2.60. The minimum Gasteiger partial charge on any atom is -0.357 e. The molecule has 2 nitrogen and oxygen atoms in total. The van der Waals surface area contributed by atoms with Gasteiger partial charge in [-0.1, -0.05) is 84.9 Å². The molecular formula is C32H26N2. The van der Waals surface area contributed by atoms with Crippen molar-refractivity contribution in [3.05, 3.63) is 121 Å². The van der Waals surface area contributed by atoms with Gasteiger partial charge >= 0.3 is 0 Å². The molecule has 0 bridgehead atoms. The minimum atomic E-state index is -0.139. The SMILES string of the molecule is CC1(N2Cc3ccccc3-c3ccccc32)C=C(n2c3ccccc3c3ccccc32)C=CC1. The topological polar surface area (TPSA) is 8.17 Å². The van der Waals surface area contributed by atoms with Crippen molar-refractivity contribution in [3.8, 4) is 11.1 Å². The summed E-state index contributed by atoms with van der Waals surface area (Å²) in [6.45, 7) is 3.30. The zero-order valence-corrected chi connectivity index (χ0v) is 19.3. The molecule has 5 aromatic rings. The van der Waals surface area contributed by atoms with Crippen LogP contribution in [-0.2, 0) is 6.54 Å². The van der Waals surface area contributed by atoms with E-state index in [1.54, 1.807) is 0 Å². The molecule has 0 radical (unpaired) electrons. The van der Waals surface area contributed by atoms with Crippen LogP contribution < -0.4 is 4.90 Å². The molecule has 4 aromatic carbocycles. The Morgan fingerprint density at radius 1 is 0.676 bits per heavy atom. The average Bonchev–Trinajstić information content (AvgIpc) is 3.23. The third-order valence-corrected chi connectivity index (χ3v) is 7.56. The van der Waals surface area contributed by atoms with Crippen molar-refractivity contribution < 1.29 is 0 Å². The van der Waals surface area contributed by atoms with Crippen molar-refractivity contribution in [1.29, 1.82) is 0 Å². The Balaban J connectivity index is 1.42. The summed E-state index contributed by atoms with van der Waals surface area (Å²) in [6, 6.07) is 35.2. The second-order valence-corrected chi connectivity index (χ2v) is 9.66. The summed E-state index contributed by atoms with van der Waals surface area (Å²) in [6.07, 6.45) is 8.10. The van der Waals surface area contributed by atoms with E-state index in [1.807, 2.05) is 0 Å². The lowest BCUT2D eigenvalue weighted by atomic mass is 9.84. The van der Waals surface area contributed by atoms with Crippen LogP contribution in [0.3, 0.4) is 0 Å². The van der Waals surface area contributed by atoms with Crippen molar-refractivity contribution in [1.82, 2.24) is 4.57 Å². The van der Waals surface area contributed by atoms with E-state index in [9.17, 15) is 0 Å². The van der Waals surface area contributed by atoms with E-state index in [2.05, 4.69) is 132 Å². The van der Waals surface area contributed by atoms with Gasteiger partial charge in [-0.05, 0) is 54.8 Å². The van der Waals surface area contributed by atoms with Crippen LogP contribution in [-0.4, -0.2) is 10.1 Å². The molecule has 164 valence electrons. The van der Waals surface area contributed by atoms with Crippen LogP contribution in [0.2, 0.25) is 0 Å². The largest absolute Gasteiger partial charge is 0.357 e. The van der Waals surface area contributed by atoms with E-state index in [4.69, 9.17) is 0 Å². The normalized spacial score (nSPS) is 19.2. The summed E-state index contributed by atoms with van der Waals surface area (Å²) in [7, 11) is 0. The van der Waals surface area contributed by atoms with Crippen molar-refractivity contribution in [2.24, 2.45) is 0 Å². The number of rotatable bonds is 2. The van der Waals surface area contributed by atoms with Gasteiger partial charge in [0.25, 0.3) is 0 Å². The summed E-state index contributed by atoms with van der Waals surface area (Å²) in [5.41, 5.74) is 9.01. The zero-order chi connectivity index (χ0) is 22.7. The predicted molar refractivity (Wildman–Crippen MR) is 144 cm³/mol. The Kier molecular flexibility index (Phi) is 4.13. The fourth-order valence-corrected chi connectivity index (χ4v) is 5.94. The van der Waals surface area contributed by atoms with Gasteiger partial charge in [-0.2, -0.15) is 0 Å². The first kappa shape index (κ1) is 19.4. The number of hydrogen-bond donors (Lipinski definition) is 0.